The summed E-state index contributed by atoms with van der Waals surface area (Å²) in [5.74, 6) is 1.61. The van der Waals surface area contributed by atoms with E-state index in [0.29, 0.717) is 22.5 Å². The van der Waals surface area contributed by atoms with Gasteiger partial charge in [0.15, 0.2) is 16.8 Å². The zero-order valence-electron chi connectivity index (χ0n) is 14.3. The lowest BCUT2D eigenvalue weighted by molar-refractivity contribution is -0.116. The number of hydrogen-bond acceptors (Lipinski definition) is 5. The summed E-state index contributed by atoms with van der Waals surface area (Å²) in [6.07, 6.45) is 0.242. The first-order chi connectivity index (χ1) is 12.0. The smallest absolute Gasteiger partial charge is 0.193 e. The first kappa shape index (κ1) is 16.8. The molecule has 2 aromatic carbocycles. The van der Waals surface area contributed by atoms with E-state index < -0.39 is 0 Å². The number of rotatable bonds is 5. The summed E-state index contributed by atoms with van der Waals surface area (Å²) in [5, 5.41) is 0.396. The monoisotopic (exact) mass is 338 g/mol. The van der Waals surface area contributed by atoms with Crippen molar-refractivity contribution in [1.29, 1.82) is 0 Å². The Morgan fingerprint density at radius 1 is 1.04 bits per heavy atom. The zero-order chi connectivity index (χ0) is 18.0. The average molecular weight is 338 g/mol. The van der Waals surface area contributed by atoms with Crippen LogP contribution in [0, 0.1) is 0 Å². The van der Waals surface area contributed by atoms with E-state index in [1.807, 2.05) is 12.1 Å². The number of methoxy groups -OCH3 is 2. The molecule has 0 aliphatic rings. The number of hydrogen-bond donors (Lipinski definition) is 0. The molecule has 0 amide bonds. The third-order valence-corrected chi connectivity index (χ3v) is 3.90. The first-order valence-corrected chi connectivity index (χ1v) is 7.80. The molecule has 25 heavy (non-hydrogen) atoms. The highest BCUT2D eigenvalue weighted by atomic mass is 16.5. The van der Waals surface area contributed by atoms with E-state index in [-0.39, 0.29) is 17.6 Å². The normalized spacial score (nSPS) is 10.7. The highest BCUT2D eigenvalue weighted by Gasteiger charge is 2.14. The average Bonchev–Trinajstić information content (AvgIpc) is 2.61. The molecule has 1 aromatic heterocycles. The molecule has 0 saturated heterocycles. The highest BCUT2D eigenvalue weighted by molar-refractivity contribution is 5.87. The summed E-state index contributed by atoms with van der Waals surface area (Å²) in [5.41, 5.74) is 1.67. The van der Waals surface area contributed by atoms with Crippen molar-refractivity contribution in [1.82, 2.24) is 0 Å². The van der Waals surface area contributed by atoms with Crippen molar-refractivity contribution >= 4 is 16.8 Å². The van der Waals surface area contributed by atoms with Gasteiger partial charge in [-0.3, -0.25) is 9.59 Å². The van der Waals surface area contributed by atoms with Crippen LogP contribution in [0.15, 0.2) is 51.7 Å². The van der Waals surface area contributed by atoms with E-state index in [1.54, 1.807) is 31.4 Å². The lowest BCUT2D eigenvalue weighted by Crippen LogP contribution is -2.04. The highest BCUT2D eigenvalue weighted by Crippen LogP contribution is 2.30. The maximum atomic E-state index is 12.6. The van der Waals surface area contributed by atoms with Gasteiger partial charge in [-0.1, -0.05) is 0 Å². The van der Waals surface area contributed by atoms with Crippen LogP contribution in [0.25, 0.3) is 22.3 Å². The van der Waals surface area contributed by atoms with E-state index in [4.69, 9.17) is 13.9 Å². The van der Waals surface area contributed by atoms with Gasteiger partial charge in [-0.25, -0.2) is 0 Å². The summed E-state index contributed by atoms with van der Waals surface area (Å²) in [7, 11) is 3.10. The predicted molar refractivity (Wildman–Crippen MR) is 95.4 cm³/mol. The Kier molecular flexibility index (Phi) is 4.57. The van der Waals surface area contributed by atoms with Gasteiger partial charge in [-0.2, -0.15) is 0 Å². The molecule has 0 aliphatic heterocycles. The molecular formula is C20H18O5. The minimum atomic E-state index is -0.184. The molecule has 3 aromatic rings. The molecule has 0 N–H and O–H groups in total. The van der Waals surface area contributed by atoms with Crippen LogP contribution in [-0.4, -0.2) is 20.0 Å². The van der Waals surface area contributed by atoms with Crippen molar-refractivity contribution in [2.75, 3.05) is 14.2 Å². The van der Waals surface area contributed by atoms with E-state index in [9.17, 15) is 9.59 Å². The lowest BCUT2D eigenvalue weighted by Gasteiger charge is -2.09. The van der Waals surface area contributed by atoms with Gasteiger partial charge in [-0.05, 0) is 48.9 Å². The number of Topliss-reactive ketones (excluding diaryl/α,β-unsaturated/α-hetero) is 1. The number of fused-ring (bicyclic) bond motifs is 1. The second kappa shape index (κ2) is 6.81. The summed E-state index contributed by atoms with van der Waals surface area (Å²) in [6, 6.07) is 12.1. The van der Waals surface area contributed by atoms with Crippen LogP contribution in [-0.2, 0) is 11.2 Å². The van der Waals surface area contributed by atoms with Crippen LogP contribution < -0.4 is 14.9 Å². The van der Waals surface area contributed by atoms with Crippen molar-refractivity contribution in [2.45, 2.75) is 13.3 Å². The van der Waals surface area contributed by atoms with Gasteiger partial charge in [0, 0.05) is 18.1 Å². The van der Waals surface area contributed by atoms with Crippen molar-refractivity contribution in [3.8, 4) is 22.8 Å². The molecule has 0 radical (unpaired) electrons. The van der Waals surface area contributed by atoms with Gasteiger partial charge in [0.05, 0.1) is 19.6 Å². The fourth-order valence-electron chi connectivity index (χ4n) is 2.72. The number of benzene rings is 2. The molecule has 128 valence electrons. The Balaban J connectivity index is 2.17. The number of carbonyl (C=O) groups is 1. The Bertz CT molecular complexity index is 983. The zero-order valence-corrected chi connectivity index (χ0v) is 14.3. The lowest BCUT2D eigenvalue weighted by atomic mass is 10.0. The van der Waals surface area contributed by atoms with Gasteiger partial charge < -0.3 is 13.9 Å². The molecule has 0 spiro atoms. The van der Waals surface area contributed by atoms with E-state index in [1.165, 1.54) is 20.1 Å². The SMILES string of the molecule is COc1ccc(-c2cc(=O)c3cc(CC(C)=O)cc(OC)c3o2)cc1. The van der Waals surface area contributed by atoms with Gasteiger partial charge >= 0.3 is 0 Å². The Labute approximate surface area is 144 Å². The summed E-state index contributed by atoms with van der Waals surface area (Å²) < 4.78 is 16.4. The van der Waals surface area contributed by atoms with Crippen LogP contribution in [0.5, 0.6) is 11.5 Å². The predicted octanol–water partition coefficient (Wildman–Crippen LogP) is 3.61. The van der Waals surface area contributed by atoms with Gasteiger partial charge in [0.1, 0.15) is 17.3 Å². The van der Waals surface area contributed by atoms with Gasteiger partial charge in [0.2, 0.25) is 0 Å². The van der Waals surface area contributed by atoms with Crippen LogP contribution in [0.4, 0.5) is 0 Å². The maximum absolute atomic E-state index is 12.6. The Morgan fingerprint density at radius 2 is 1.76 bits per heavy atom. The molecule has 1 heterocycles. The topological polar surface area (TPSA) is 65.7 Å². The molecule has 0 aliphatic carbocycles. The number of ether oxygens (including phenoxy) is 2. The molecule has 5 nitrogen and oxygen atoms in total. The fourth-order valence-corrected chi connectivity index (χ4v) is 2.72. The summed E-state index contributed by atoms with van der Waals surface area (Å²) in [6.45, 7) is 1.51. The molecule has 0 atom stereocenters. The molecule has 5 heteroatoms. The standard InChI is InChI=1S/C20H18O5/c1-12(21)8-13-9-16-17(22)11-18(25-20(16)19(10-13)24-3)14-4-6-15(23-2)7-5-14/h4-7,9-11H,8H2,1-3H3. The van der Waals surface area contributed by atoms with Crippen LogP contribution in [0.1, 0.15) is 12.5 Å². The number of carbonyl (C=O) groups excluding carboxylic acids is 1. The molecule has 0 saturated carbocycles. The minimum Gasteiger partial charge on any atom is -0.497 e. The Morgan fingerprint density at radius 3 is 2.36 bits per heavy atom. The second-order valence-corrected chi connectivity index (χ2v) is 5.76. The third-order valence-electron chi connectivity index (χ3n) is 3.90. The number of ketones is 1. The Hall–Kier alpha value is -3.08. The molecule has 0 unspecified atom stereocenters. The molecule has 0 fully saturated rings. The molecule has 0 bridgehead atoms. The molecular weight excluding hydrogens is 320 g/mol. The van der Waals surface area contributed by atoms with Crippen molar-refractivity contribution in [3.05, 3.63) is 58.3 Å². The van der Waals surface area contributed by atoms with E-state index in [2.05, 4.69) is 0 Å². The third kappa shape index (κ3) is 3.40. The van der Waals surface area contributed by atoms with Gasteiger partial charge in [0.25, 0.3) is 0 Å². The second-order valence-electron chi connectivity index (χ2n) is 5.76. The maximum Gasteiger partial charge on any atom is 0.193 e. The molecule has 3 rings (SSSR count). The van der Waals surface area contributed by atoms with Crippen LogP contribution in [0.2, 0.25) is 0 Å². The van der Waals surface area contributed by atoms with Gasteiger partial charge in [-0.15, -0.1) is 0 Å². The minimum absolute atomic E-state index is 0.0145. The quantitative estimate of drug-likeness (QED) is 0.711. The summed E-state index contributed by atoms with van der Waals surface area (Å²) in [4.78, 5) is 23.9. The van der Waals surface area contributed by atoms with Crippen molar-refractivity contribution in [3.63, 3.8) is 0 Å². The van der Waals surface area contributed by atoms with Crippen LogP contribution in [0.3, 0.4) is 0 Å². The summed E-state index contributed by atoms with van der Waals surface area (Å²) >= 11 is 0. The van der Waals surface area contributed by atoms with Crippen molar-refractivity contribution in [2.24, 2.45) is 0 Å². The van der Waals surface area contributed by atoms with Crippen molar-refractivity contribution < 1.29 is 18.7 Å². The van der Waals surface area contributed by atoms with E-state index >= 15 is 0 Å². The first-order valence-electron chi connectivity index (χ1n) is 7.80. The van der Waals surface area contributed by atoms with Crippen LogP contribution >= 0.6 is 0 Å². The fraction of sp³-hybridized carbons (Fsp3) is 0.200. The van der Waals surface area contributed by atoms with E-state index in [0.717, 1.165) is 16.9 Å². The largest absolute Gasteiger partial charge is 0.497 e.